The van der Waals surface area contributed by atoms with Gasteiger partial charge < -0.3 is 9.84 Å². The van der Waals surface area contributed by atoms with Gasteiger partial charge in [-0.1, -0.05) is 37.3 Å². The molecule has 1 saturated carbocycles. The standard InChI is InChI=1S/C15H26N4O/c1-2-4-6-13(7-5-3-1)15-17-14(20-18-15)12-19-10-8-16-9-11-19/h13,16H,1-12H2. The number of piperazine rings is 1. The lowest BCUT2D eigenvalue weighted by molar-refractivity contribution is 0.203. The second-order valence-corrected chi connectivity index (χ2v) is 6.11. The molecule has 2 fully saturated rings. The van der Waals surface area contributed by atoms with Gasteiger partial charge in [0.25, 0.3) is 0 Å². The average molecular weight is 278 g/mol. The third-order valence-electron chi connectivity index (χ3n) is 4.52. The van der Waals surface area contributed by atoms with E-state index in [1.807, 2.05) is 0 Å². The largest absolute Gasteiger partial charge is 0.338 e. The van der Waals surface area contributed by atoms with Crippen molar-refractivity contribution in [3.8, 4) is 0 Å². The highest BCUT2D eigenvalue weighted by Gasteiger charge is 2.20. The first kappa shape index (κ1) is 14.0. The zero-order chi connectivity index (χ0) is 13.6. The molecule has 1 aliphatic carbocycles. The van der Waals surface area contributed by atoms with Crippen molar-refractivity contribution in [1.29, 1.82) is 0 Å². The van der Waals surface area contributed by atoms with Gasteiger partial charge in [-0.15, -0.1) is 0 Å². The topological polar surface area (TPSA) is 54.2 Å². The molecule has 0 unspecified atom stereocenters. The summed E-state index contributed by atoms with van der Waals surface area (Å²) in [5, 5.41) is 7.61. The zero-order valence-electron chi connectivity index (χ0n) is 12.3. The van der Waals surface area contributed by atoms with Crippen LogP contribution in [0.4, 0.5) is 0 Å². The van der Waals surface area contributed by atoms with E-state index in [1.54, 1.807) is 0 Å². The molecular formula is C15H26N4O. The smallest absolute Gasteiger partial charge is 0.240 e. The summed E-state index contributed by atoms with van der Waals surface area (Å²) in [6.45, 7) is 5.07. The first-order valence-corrected chi connectivity index (χ1v) is 8.17. The maximum atomic E-state index is 5.47. The van der Waals surface area contributed by atoms with Crippen molar-refractivity contribution in [3.05, 3.63) is 11.7 Å². The third-order valence-corrected chi connectivity index (χ3v) is 4.52. The van der Waals surface area contributed by atoms with Crippen molar-refractivity contribution < 1.29 is 4.52 Å². The van der Waals surface area contributed by atoms with Crippen LogP contribution in [0.1, 0.15) is 62.6 Å². The summed E-state index contributed by atoms with van der Waals surface area (Å²) in [5.41, 5.74) is 0. The number of nitrogens with zero attached hydrogens (tertiary/aromatic N) is 3. The van der Waals surface area contributed by atoms with Crippen LogP contribution >= 0.6 is 0 Å². The van der Waals surface area contributed by atoms with Gasteiger partial charge in [-0.25, -0.2) is 0 Å². The number of hydrogen-bond donors (Lipinski definition) is 1. The van der Waals surface area contributed by atoms with Crippen molar-refractivity contribution in [3.63, 3.8) is 0 Å². The second kappa shape index (κ2) is 7.18. The van der Waals surface area contributed by atoms with E-state index in [0.29, 0.717) is 5.92 Å². The van der Waals surface area contributed by atoms with Crippen molar-refractivity contribution in [2.45, 2.75) is 57.4 Å². The highest BCUT2D eigenvalue weighted by molar-refractivity contribution is 4.96. The summed E-state index contributed by atoms with van der Waals surface area (Å²) >= 11 is 0. The van der Waals surface area contributed by atoms with Crippen LogP contribution in [0.5, 0.6) is 0 Å². The molecule has 20 heavy (non-hydrogen) atoms. The minimum Gasteiger partial charge on any atom is -0.338 e. The SMILES string of the molecule is C1CCCC(c2noc(CN3CCNCC3)n2)CCC1. The van der Waals surface area contributed by atoms with Crippen molar-refractivity contribution in [1.82, 2.24) is 20.4 Å². The zero-order valence-corrected chi connectivity index (χ0v) is 12.3. The van der Waals surface area contributed by atoms with E-state index in [4.69, 9.17) is 4.52 Å². The lowest BCUT2D eigenvalue weighted by atomic mass is 9.91. The monoisotopic (exact) mass is 278 g/mol. The van der Waals surface area contributed by atoms with Crippen LogP contribution in [0.15, 0.2) is 4.52 Å². The highest BCUT2D eigenvalue weighted by Crippen LogP contribution is 2.29. The van der Waals surface area contributed by atoms with Crippen molar-refractivity contribution in [2.24, 2.45) is 0 Å². The molecule has 0 atom stereocenters. The van der Waals surface area contributed by atoms with E-state index in [9.17, 15) is 0 Å². The number of rotatable bonds is 3. The Morgan fingerprint density at radius 1 is 1.05 bits per heavy atom. The van der Waals surface area contributed by atoms with E-state index in [1.165, 1.54) is 44.9 Å². The molecule has 2 heterocycles. The van der Waals surface area contributed by atoms with Gasteiger partial charge in [-0.05, 0) is 12.8 Å². The molecule has 1 aliphatic heterocycles. The Hall–Kier alpha value is -0.940. The molecule has 0 radical (unpaired) electrons. The minimum absolute atomic E-state index is 0.524. The Balaban J connectivity index is 1.57. The van der Waals surface area contributed by atoms with Gasteiger partial charge in [-0.3, -0.25) is 4.90 Å². The highest BCUT2D eigenvalue weighted by atomic mass is 16.5. The molecule has 0 bridgehead atoms. The number of aromatic nitrogens is 2. The van der Waals surface area contributed by atoms with Gasteiger partial charge in [-0.2, -0.15) is 4.98 Å². The first-order valence-electron chi connectivity index (χ1n) is 8.17. The lowest BCUT2D eigenvalue weighted by Crippen LogP contribution is -2.42. The molecule has 5 heteroatoms. The van der Waals surface area contributed by atoms with Crippen LogP contribution in [0.3, 0.4) is 0 Å². The number of hydrogen-bond acceptors (Lipinski definition) is 5. The van der Waals surface area contributed by atoms with Crippen LogP contribution in [0.25, 0.3) is 0 Å². The van der Waals surface area contributed by atoms with Gasteiger partial charge >= 0.3 is 0 Å². The van der Waals surface area contributed by atoms with Gasteiger partial charge in [0.2, 0.25) is 5.89 Å². The van der Waals surface area contributed by atoms with Gasteiger partial charge in [0.05, 0.1) is 6.54 Å². The van der Waals surface area contributed by atoms with Crippen LogP contribution in [-0.2, 0) is 6.54 Å². The lowest BCUT2D eigenvalue weighted by Gasteiger charge is -2.25. The molecule has 0 aromatic carbocycles. The Morgan fingerprint density at radius 2 is 1.75 bits per heavy atom. The van der Waals surface area contributed by atoms with E-state index in [2.05, 4.69) is 20.4 Å². The van der Waals surface area contributed by atoms with E-state index < -0.39 is 0 Å². The molecule has 1 saturated heterocycles. The third kappa shape index (κ3) is 3.79. The van der Waals surface area contributed by atoms with Crippen LogP contribution in [-0.4, -0.2) is 41.2 Å². The normalized spacial score (nSPS) is 23.4. The van der Waals surface area contributed by atoms with Crippen molar-refractivity contribution in [2.75, 3.05) is 26.2 Å². The maximum absolute atomic E-state index is 5.47. The Kier molecular flexibility index (Phi) is 5.03. The van der Waals surface area contributed by atoms with Gasteiger partial charge in [0.1, 0.15) is 0 Å². The molecule has 2 aliphatic rings. The fourth-order valence-electron chi connectivity index (χ4n) is 3.27. The summed E-state index contributed by atoms with van der Waals surface area (Å²) < 4.78 is 5.47. The summed E-state index contributed by atoms with van der Waals surface area (Å²) in [4.78, 5) is 7.04. The summed E-state index contributed by atoms with van der Waals surface area (Å²) in [6, 6.07) is 0. The fourth-order valence-corrected chi connectivity index (χ4v) is 3.27. The summed E-state index contributed by atoms with van der Waals surface area (Å²) in [6.07, 6.45) is 9.20. The van der Waals surface area contributed by atoms with Crippen LogP contribution < -0.4 is 5.32 Å². The van der Waals surface area contributed by atoms with Crippen molar-refractivity contribution >= 4 is 0 Å². The van der Waals surface area contributed by atoms with Gasteiger partial charge in [0, 0.05) is 32.1 Å². The molecule has 1 aromatic rings. The average Bonchev–Trinajstić information content (AvgIpc) is 2.88. The minimum atomic E-state index is 0.524. The predicted molar refractivity (Wildman–Crippen MR) is 77.5 cm³/mol. The Bertz CT molecular complexity index is 392. The molecule has 5 nitrogen and oxygen atoms in total. The second-order valence-electron chi connectivity index (χ2n) is 6.11. The molecule has 112 valence electrons. The van der Waals surface area contributed by atoms with E-state index in [-0.39, 0.29) is 0 Å². The van der Waals surface area contributed by atoms with Crippen LogP contribution in [0.2, 0.25) is 0 Å². The van der Waals surface area contributed by atoms with E-state index >= 15 is 0 Å². The fraction of sp³-hybridized carbons (Fsp3) is 0.867. The summed E-state index contributed by atoms with van der Waals surface area (Å²) in [7, 11) is 0. The molecule has 0 spiro atoms. The Labute approximate surface area is 121 Å². The molecule has 1 N–H and O–H groups in total. The molecular weight excluding hydrogens is 252 g/mol. The molecule has 1 aromatic heterocycles. The molecule has 0 amide bonds. The quantitative estimate of drug-likeness (QED) is 0.919. The Morgan fingerprint density at radius 3 is 2.50 bits per heavy atom. The number of nitrogens with one attached hydrogen (secondary N) is 1. The maximum Gasteiger partial charge on any atom is 0.240 e. The first-order chi connectivity index (χ1) is 9.92. The van der Waals surface area contributed by atoms with Gasteiger partial charge in [0.15, 0.2) is 5.82 Å². The van der Waals surface area contributed by atoms with Crippen LogP contribution in [0, 0.1) is 0 Å². The predicted octanol–water partition coefficient (Wildman–Crippen LogP) is 2.30. The summed E-state index contributed by atoms with van der Waals surface area (Å²) in [5.74, 6) is 2.27. The molecule has 3 rings (SSSR count). The van der Waals surface area contributed by atoms with E-state index in [0.717, 1.165) is 44.4 Å².